The number of nitrogens with zero attached hydrogens (tertiary/aromatic N) is 6. The van der Waals surface area contributed by atoms with E-state index in [0.717, 1.165) is 21.8 Å². The summed E-state index contributed by atoms with van der Waals surface area (Å²) in [4.78, 5) is 59.4. The Morgan fingerprint density at radius 1 is 0.978 bits per heavy atom. The number of carbonyl (C=O) groups excluding carboxylic acids is 1. The van der Waals surface area contributed by atoms with Crippen LogP contribution >= 0.6 is 11.6 Å². The van der Waals surface area contributed by atoms with Crippen LogP contribution in [-0.4, -0.2) is 44.7 Å². The molecule has 0 spiro atoms. The molecule has 1 atom stereocenters. The van der Waals surface area contributed by atoms with Crippen molar-refractivity contribution >= 4 is 62.4 Å². The molecule has 7 rings (SSSR count). The quantitative estimate of drug-likeness (QED) is 0.180. The summed E-state index contributed by atoms with van der Waals surface area (Å²) >= 11 is 6.51. The number of rotatable bonds is 7. The van der Waals surface area contributed by atoms with E-state index in [1.54, 1.807) is 30.8 Å². The number of anilines is 2. The molecular weight excluding hydrogens is 598 g/mol. The molecule has 0 aliphatic carbocycles. The Morgan fingerprint density at radius 2 is 1.73 bits per heavy atom. The molecule has 0 aliphatic rings. The molecule has 45 heavy (non-hydrogen) atoms. The zero-order chi connectivity index (χ0) is 31.4. The number of aryl methyl sites for hydroxylation is 2. The normalized spacial score (nSPS) is 12.2. The SMILES string of the molecule is Cn1c(Nc2ccnc(CNC(N)=O)n2)nc2c1c(=O)n(C(c1cc3ccccc3[nH]1)c1cc3c(Cl)cccc3[nH]1)c(=O)n2C. The number of para-hydroxylation sites is 1. The number of fused-ring (bicyclic) bond motifs is 3. The van der Waals surface area contributed by atoms with Gasteiger partial charge in [0.15, 0.2) is 11.2 Å². The fraction of sp³-hybridized carbons (Fsp3) is 0.133. The monoisotopic (exact) mass is 623 g/mol. The zero-order valence-electron chi connectivity index (χ0n) is 24.0. The summed E-state index contributed by atoms with van der Waals surface area (Å²) in [5.41, 5.74) is 7.29. The lowest BCUT2D eigenvalue weighted by Crippen LogP contribution is -2.42. The van der Waals surface area contributed by atoms with Crippen LogP contribution < -0.4 is 27.6 Å². The van der Waals surface area contributed by atoms with E-state index in [4.69, 9.17) is 17.3 Å². The van der Waals surface area contributed by atoms with Crippen LogP contribution in [0.2, 0.25) is 5.02 Å². The highest BCUT2D eigenvalue weighted by molar-refractivity contribution is 6.35. The molecule has 5 aromatic heterocycles. The van der Waals surface area contributed by atoms with Crippen molar-refractivity contribution in [1.29, 1.82) is 0 Å². The number of imidazole rings is 1. The van der Waals surface area contributed by atoms with Crippen LogP contribution in [0.3, 0.4) is 0 Å². The predicted octanol–water partition coefficient (Wildman–Crippen LogP) is 3.39. The van der Waals surface area contributed by atoms with Gasteiger partial charge in [0, 0.05) is 53.1 Å². The smallest absolute Gasteiger partial charge is 0.333 e. The number of hydrogen-bond donors (Lipinski definition) is 5. The molecule has 0 saturated carbocycles. The molecule has 15 heteroatoms. The maximum absolute atomic E-state index is 14.4. The molecule has 14 nitrogen and oxygen atoms in total. The van der Waals surface area contributed by atoms with Crippen molar-refractivity contribution in [2.75, 3.05) is 5.32 Å². The van der Waals surface area contributed by atoms with Crippen LogP contribution in [0.1, 0.15) is 23.3 Å². The number of urea groups is 1. The molecule has 2 aromatic carbocycles. The van der Waals surface area contributed by atoms with Gasteiger partial charge in [-0.1, -0.05) is 35.9 Å². The molecule has 0 bridgehead atoms. The second-order valence-corrected chi connectivity index (χ2v) is 10.9. The topological polar surface area (TPSA) is 186 Å². The van der Waals surface area contributed by atoms with Crippen molar-refractivity contribution in [3.05, 3.63) is 110 Å². The molecular formula is C30H26ClN11O3. The van der Waals surface area contributed by atoms with Crippen LogP contribution in [-0.2, 0) is 20.6 Å². The largest absolute Gasteiger partial charge is 0.356 e. The van der Waals surface area contributed by atoms with Gasteiger partial charge in [-0.3, -0.25) is 9.36 Å². The van der Waals surface area contributed by atoms with Crippen LogP contribution in [0.5, 0.6) is 0 Å². The van der Waals surface area contributed by atoms with Gasteiger partial charge in [0.1, 0.15) is 17.7 Å². The molecule has 7 aromatic rings. The number of benzene rings is 2. The van der Waals surface area contributed by atoms with Gasteiger partial charge in [-0.05, 0) is 41.8 Å². The first-order valence-electron chi connectivity index (χ1n) is 13.8. The van der Waals surface area contributed by atoms with E-state index in [2.05, 4.69) is 35.6 Å². The summed E-state index contributed by atoms with van der Waals surface area (Å²) in [6.45, 7) is 0.0285. The van der Waals surface area contributed by atoms with E-state index in [-0.39, 0.29) is 23.7 Å². The minimum absolute atomic E-state index is 0.0285. The van der Waals surface area contributed by atoms with E-state index in [0.29, 0.717) is 28.1 Å². The fourth-order valence-electron chi connectivity index (χ4n) is 5.56. The van der Waals surface area contributed by atoms with Gasteiger partial charge in [0.05, 0.1) is 6.54 Å². The minimum Gasteiger partial charge on any atom is -0.356 e. The van der Waals surface area contributed by atoms with Gasteiger partial charge in [-0.15, -0.1) is 0 Å². The molecule has 0 aliphatic heterocycles. The van der Waals surface area contributed by atoms with E-state index in [1.165, 1.54) is 15.3 Å². The van der Waals surface area contributed by atoms with Crippen molar-refractivity contribution in [3.8, 4) is 0 Å². The maximum atomic E-state index is 14.4. The standard InChI is InChI=1S/C30H26ClN11O3/c1-40-25-26(39-29(40)38-22-10-11-33-23(37-22)14-34-28(32)44)41(2)30(45)42(27(25)43)24(20-12-15-6-3-4-8-18(15)35-20)21-13-16-17(31)7-5-9-19(16)36-21/h3-13,24,35-36H,14H2,1-2H3,(H3,32,34,44)(H,33,37,38,39). The summed E-state index contributed by atoms with van der Waals surface area (Å²) in [5, 5.41) is 7.77. The molecule has 2 amide bonds. The van der Waals surface area contributed by atoms with Crippen molar-refractivity contribution in [3.63, 3.8) is 0 Å². The van der Waals surface area contributed by atoms with E-state index >= 15 is 0 Å². The number of amides is 2. The highest BCUT2D eigenvalue weighted by Gasteiger charge is 2.28. The Kier molecular flexibility index (Phi) is 6.62. The summed E-state index contributed by atoms with van der Waals surface area (Å²) in [6, 6.07) is 17.1. The van der Waals surface area contributed by atoms with E-state index < -0.39 is 23.3 Å². The second-order valence-electron chi connectivity index (χ2n) is 10.5. The predicted molar refractivity (Wildman–Crippen MR) is 171 cm³/mol. The number of hydrogen-bond acceptors (Lipinski definition) is 7. The van der Waals surface area contributed by atoms with Gasteiger partial charge in [0.25, 0.3) is 5.56 Å². The number of aromatic amines is 2. The van der Waals surface area contributed by atoms with Crippen molar-refractivity contribution < 1.29 is 4.79 Å². The Hall–Kier alpha value is -5.89. The number of H-pyrrole nitrogens is 2. The first-order valence-corrected chi connectivity index (χ1v) is 14.2. The lowest BCUT2D eigenvalue weighted by atomic mass is 10.1. The van der Waals surface area contributed by atoms with Gasteiger partial charge in [0.2, 0.25) is 5.95 Å². The summed E-state index contributed by atoms with van der Waals surface area (Å²) < 4.78 is 4.13. The number of halogens is 1. The molecule has 5 heterocycles. The van der Waals surface area contributed by atoms with Gasteiger partial charge in [-0.2, -0.15) is 4.98 Å². The highest BCUT2D eigenvalue weighted by atomic mass is 35.5. The first kappa shape index (κ1) is 27.9. The van der Waals surface area contributed by atoms with Gasteiger partial charge in [-0.25, -0.2) is 24.1 Å². The van der Waals surface area contributed by atoms with Crippen LogP contribution in [0.15, 0.2) is 76.4 Å². The van der Waals surface area contributed by atoms with E-state index in [9.17, 15) is 14.4 Å². The van der Waals surface area contributed by atoms with Crippen LogP contribution in [0, 0.1) is 0 Å². The molecule has 6 N–H and O–H groups in total. The third-order valence-electron chi connectivity index (χ3n) is 7.70. The molecule has 226 valence electrons. The highest BCUT2D eigenvalue weighted by Crippen LogP contribution is 2.32. The van der Waals surface area contributed by atoms with Crippen molar-refractivity contribution in [2.24, 2.45) is 19.8 Å². The Balaban J connectivity index is 1.40. The number of primary amides is 1. The zero-order valence-corrected chi connectivity index (χ0v) is 24.8. The average Bonchev–Trinajstić information content (AvgIpc) is 3.73. The molecule has 0 radical (unpaired) electrons. The van der Waals surface area contributed by atoms with Crippen LogP contribution in [0.25, 0.3) is 33.0 Å². The molecule has 0 fully saturated rings. The first-order chi connectivity index (χ1) is 21.7. The number of nitrogens with two attached hydrogens (primary N) is 1. The molecule has 1 unspecified atom stereocenters. The van der Waals surface area contributed by atoms with Gasteiger partial charge >= 0.3 is 11.7 Å². The molecule has 0 saturated heterocycles. The average molecular weight is 624 g/mol. The third-order valence-corrected chi connectivity index (χ3v) is 8.03. The lowest BCUT2D eigenvalue weighted by Gasteiger charge is -2.18. The lowest BCUT2D eigenvalue weighted by molar-refractivity contribution is 0.248. The minimum atomic E-state index is -0.857. The fourth-order valence-corrected chi connectivity index (χ4v) is 5.79. The summed E-state index contributed by atoms with van der Waals surface area (Å²) in [5.74, 6) is 0.940. The van der Waals surface area contributed by atoms with Gasteiger partial charge < -0.3 is 30.9 Å². The number of carbonyl (C=O) groups is 1. The maximum Gasteiger partial charge on any atom is 0.333 e. The third kappa shape index (κ3) is 4.77. The summed E-state index contributed by atoms with van der Waals surface area (Å²) in [6.07, 6.45) is 1.51. The van der Waals surface area contributed by atoms with Crippen molar-refractivity contribution in [2.45, 2.75) is 12.6 Å². The number of aromatic nitrogens is 8. The van der Waals surface area contributed by atoms with Crippen LogP contribution in [0.4, 0.5) is 16.6 Å². The Labute approximate surface area is 258 Å². The summed E-state index contributed by atoms with van der Waals surface area (Å²) in [7, 11) is 3.24. The van der Waals surface area contributed by atoms with E-state index in [1.807, 2.05) is 48.5 Å². The second kappa shape index (κ2) is 10.7. The Bertz CT molecular complexity index is 2370. The Morgan fingerprint density at radius 3 is 2.51 bits per heavy atom. The van der Waals surface area contributed by atoms with Crippen molar-refractivity contribution in [1.82, 2.24) is 43.9 Å². The number of nitrogens with one attached hydrogen (secondary N) is 4.